The summed E-state index contributed by atoms with van der Waals surface area (Å²) in [4.78, 5) is 11.8. The molecule has 0 saturated heterocycles. The van der Waals surface area contributed by atoms with Gasteiger partial charge in [-0.3, -0.25) is 0 Å². The van der Waals surface area contributed by atoms with Crippen molar-refractivity contribution in [3.05, 3.63) is 35.9 Å². The van der Waals surface area contributed by atoms with Crippen molar-refractivity contribution < 1.29 is 4.79 Å². The van der Waals surface area contributed by atoms with Crippen LogP contribution in [0.3, 0.4) is 0 Å². The molecule has 0 aromatic heterocycles. The molecule has 0 heterocycles. The van der Waals surface area contributed by atoms with Crippen molar-refractivity contribution in [2.24, 2.45) is 5.92 Å². The normalized spacial score (nSPS) is 23.4. The Morgan fingerprint density at radius 2 is 2.06 bits per heavy atom. The van der Waals surface area contributed by atoms with Crippen molar-refractivity contribution in [1.82, 2.24) is 10.6 Å². The van der Waals surface area contributed by atoms with E-state index in [1.807, 2.05) is 30.3 Å². The molecule has 0 radical (unpaired) electrons. The highest BCUT2D eigenvalue weighted by Crippen LogP contribution is 2.23. The molecule has 18 heavy (non-hydrogen) atoms. The van der Waals surface area contributed by atoms with Gasteiger partial charge in [-0.2, -0.15) is 0 Å². The zero-order valence-electron chi connectivity index (χ0n) is 11.0. The molecule has 1 aromatic carbocycles. The van der Waals surface area contributed by atoms with Crippen LogP contribution in [0.15, 0.2) is 30.3 Å². The second-order valence-electron chi connectivity index (χ2n) is 5.28. The molecule has 2 amide bonds. The van der Waals surface area contributed by atoms with Crippen molar-refractivity contribution in [2.45, 2.75) is 45.2 Å². The first-order valence-electron chi connectivity index (χ1n) is 6.82. The van der Waals surface area contributed by atoms with Crippen molar-refractivity contribution in [3.63, 3.8) is 0 Å². The van der Waals surface area contributed by atoms with Crippen LogP contribution < -0.4 is 10.6 Å². The van der Waals surface area contributed by atoms with Gasteiger partial charge < -0.3 is 10.6 Å². The number of hydrogen-bond acceptors (Lipinski definition) is 1. The minimum atomic E-state index is -0.0436. The summed E-state index contributed by atoms with van der Waals surface area (Å²) in [6, 6.07) is 10.3. The Kier molecular flexibility index (Phi) is 4.62. The van der Waals surface area contributed by atoms with Crippen LogP contribution in [-0.2, 0) is 6.54 Å². The molecule has 0 aliphatic heterocycles. The number of carbonyl (C=O) groups is 1. The molecule has 0 bridgehead atoms. The fourth-order valence-corrected chi connectivity index (χ4v) is 2.58. The summed E-state index contributed by atoms with van der Waals surface area (Å²) >= 11 is 0. The fraction of sp³-hybridized carbons (Fsp3) is 0.533. The van der Waals surface area contributed by atoms with E-state index in [1.165, 1.54) is 12.8 Å². The third kappa shape index (κ3) is 4.06. The lowest BCUT2D eigenvalue weighted by atomic mass is 9.87. The molecule has 1 aliphatic rings. The highest BCUT2D eigenvalue weighted by atomic mass is 16.2. The van der Waals surface area contributed by atoms with Crippen molar-refractivity contribution >= 4 is 6.03 Å². The van der Waals surface area contributed by atoms with Gasteiger partial charge in [0, 0.05) is 12.6 Å². The second kappa shape index (κ2) is 6.43. The van der Waals surface area contributed by atoms with E-state index in [0.717, 1.165) is 24.3 Å². The number of benzene rings is 1. The van der Waals surface area contributed by atoms with Crippen LogP contribution >= 0.6 is 0 Å². The van der Waals surface area contributed by atoms with Crippen molar-refractivity contribution in [3.8, 4) is 0 Å². The lowest BCUT2D eigenvalue weighted by Crippen LogP contribution is -2.43. The van der Waals surface area contributed by atoms with Gasteiger partial charge in [0.05, 0.1) is 0 Å². The number of urea groups is 1. The molecule has 1 aromatic rings. The average molecular weight is 246 g/mol. The SMILES string of the molecule is CC1CCCC(NC(=O)NCc2ccccc2)C1. The van der Waals surface area contributed by atoms with E-state index < -0.39 is 0 Å². The number of nitrogens with one attached hydrogen (secondary N) is 2. The quantitative estimate of drug-likeness (QED) is 0.845. The van der Waals surface area contributed by atoms with Gasteiger partial charge in [-0.15, -0.1) is 0 Å². The molecule has 3 nitrogen and oxygen atoms in total. The average Bonchev–Trinajstić information content (AvgIpc) is 2.38. The molecule has 1 aliphatic carbocycles. The minimum absolute atomic E-state index is 0.0436. The standard InChI is InChI=1S/C15H22N2O/c1-12-6-5-9-14(10-12)17-15(18)16-11-13-7-3-2-4-8-13/h2-4,7-8,12,14H,5-6,9-11H2,1H3,(H2,16,17,18). The minimum Gasteiger partial charge on any atom is -0.335 e. The summed E-state index contributed by atoms with van der Waals surface area (Å²) in [5.41, 5.74) is 1.13. The van der Waals surface area contributed by atoms with Crippen LogP contribution in [0.5, 0.6) is 0 Å². The third-order valence-corrected chi connectivity index (χ3v) is 3.57. The van der Waals surface area contributed by atoms with E-state index in [4.69, 9.17) is 0 Å². The van der Waals surface area contributed by atoms with Crippen LogP contribution in [0.1, 0.15) is 38.2 Å². The van der Waals surface area contributed by atoms with E-state index in [9.17, 15) is 4.79 Å². The second-order valence-corrected chi connectivity index (χ2v) is 5.28. The van der Waals surface area contributed by atoms with Gasteiger partial charge >= 0.3 is 6.03 Å². The predicted molar refractivity (Wildman–Crippen MR) is 73.2 cm³/mol. The third-order valence-electron chi connectivity index (χ3n) is 3.57. The van der Waals surface area contributed by atoms with Crippen LogP contribution in [0.4, 0.5) is 4.79 Å². The highest BCUT2D eigenvalue weighted by molar-refractivity contribution is 5.74. The Morgan fingerprint density at radius 1 is 1.28 bits per heavy atom. The van der Waals surface area contributed by atoms with Gasteiger partial charge in [0.15, 0.2) is 0 Å². The number of amides is 2. The van der Waals surface area contributed by atoms with Crippen molar-refractivity contribution in [1.29, 1.82) is 0 Å². The van der Waals surface area contributed by atoms with E-state index in [-0.39, 0.29) is 6.03 Å². The fourth-order valence-electron chi connectivity index (χ4n) is 2.58. The largest absolute Gasteiger partial charge is 0.335 e. The maximum atomic E-state index is 11.8. The summed E-state index contributed by atoms with van der Waals surface area (Å²) in [7, 11) is 0. The Hall–Kier alpha value is -1.51. The molecule has 2 rings (SSSR count). The summed E-state index contributed by atoms with van der Waals surface area (Å²) in [5.74, 6) is 0.734. The molecular weight excluding hydrogens is 224 g/mol. The molecule has 98 valence electrons. The first-order valence-corrected chi connectivity index (χ1v) is 6.82. The molecular formula is C15H22N2O. The lowest BCUT2D eigenvalue weighted by molar-refractivity contribution is 0.227. The number of rotatable bonds is 3. The summed E-state index contributed by atoms with van der Waals surface area (Å²) < 4.78 is 0. The highest BCUT2D eigenvalue weighted by Gasteiger charge is 2.19. The summed E-state index contributed by atoms with van der Waals surface area (Å²) in [6.45, 7) is 2.85. The van der Waals surface area contributed by atoms with Gasteiger partial charge in [-0.25, -0.2) is 4.79 Å². The van der Waals surface area contributed by atoms with Gasteiger partial charge in [-0.05, 0) is 24.3 Å². The van der Waals surface area contributed by atoms with Gasteiger partial charge in [0.2, 0.25) is 0 Å². The molecule has 2 N–H and O–H groups in total. The number of carbonyl (C=O) groups excluding carboxylic acids is 1. The maximum absolute atomic E-state index is 11.8. The topological polar surface area (TPSA) is 41.1 Å². The van der Waals surface area contributed by atoms with Gasteiger partial charge in [-0.1, -0.05) is 50.1 Å². The molecule has 1 fully saturated rings. The Balaban J connectivity index is 1.72. The van der Waals surface area contributed by atoms with E-state index in [1.54, 1.807) is 0 Å². The molecule has 0 spiro atoms. The first-order chi connectivity index (χ1) is 8.74. The summed E-state index contributed by atoms with van der Waals surface area (Å²) in [5, 5.41) is 5.98. The Morgan fingerprint density at radius 3 is 2.78 bits per heavy atom. The molecule has 2 unspecified atom stereocenters. The van der Waals surface area contributed by atoms with Crippen LogP contribution in [-0.4, -0.2) is 12.1 Å². The molecule has 1 saturated carbocycles. The monoisotopic (exact) mass is 246 g/mol. The number of hydrogen-bond donors (Lipinski definition) is 2. The van der Waals surface area contributed by atoms with Crippen molar-refractivity contribution in [2.75, 3.05) is 0 Å². The van der Waals surface area contributed by atoms with Crippen LogP contribution in [0, 0.1) is 5.92 Å². The Bertz CT molecular complexity index is 377. The zero-order valence-corrected chi connectivity index (χ0v) is 11.0. The predicted octanol–water partition coefficient (Wildman–Crippen LogP) is 3.06. The van der Waals surface area contributed by atoms with E-state index >= 15 is 0 Å². The van der Waals surface area contributed by atoms with Gasteiger partial charge in [0.1, 0.15) is 0 Å². The zero-order chi connectivity index (χ0) is 12.8. The first kappa shape index (κ1) is 12.9. The molecule has 3 heteroatoms. The lowest BCUT2D eigenvalue weighted by Gasteiger charge is -2.27. The smallest absolute Gasteiger partial charge is 0.315 e. The molecule has 2 atom stereocenters. The van der Waals surface area contributed by atoms with E-state index in [0.29, 0.717) is 12.6 Å². The van der Waals surface area contributed by atoms with Gasteiger partial charge in [0.25, 0.3) is 0 Å². The van der Waals surface area contributed by atoms with Crippen LogP contribution in [0.25, 0.3) is 0 Å². The Labute approximate surface area is 109 Å². The van der Waals surface area contributed by atoms with E-state index in [2.05, 4.69) is 17.6 Å². The summed E-state index contributed by atoms with van der Waals surface area (Å²) in [6.07, 6.45) is 4.75. The maximum Gasteiger partial charge on any atom is 0.315 e. The van der Waals surface area contributed by atoms with Crippen LogP contribution in [0.2, 0.25) is 0 Å².